The molecule has 0 bridgehead atoms. The van der Waals surface area contributed by atoms with Crippen LogP contribution in [0.4, 0.5) is 13.6 Å². The number of rotatable bonds is 7. The number of hydrogen-bond donors (Lipinski definition) is 3. The predicted octanol–water partition coefficient (Wildman–Crippen LogP) is 2.98. The molecule has 3 atom stereocenters. The number of urea groups is 1. The molecule has 5 nitrogen and oxygen atoms in total. The SMILES string of the molecule is CCC(NC(=O)N[C@@H]1C=C[C@H](CO)C1)c1ccccc1OC(F)F. The van der Waals surface area contributed by atoms with Gasteiger partial charge in [-0.15, -0.1) is 0 Å². The molecule has 1 unspecified atom stereocenters. The molecule has 0 spiro atoms. The van der Waals surface area contributed by atoms with Crippen molar-refractivity contribution in [3.63, 3.8) is 0 Å². The number of aliphatic hydroxyl groups excluding tert-OH is 1. The first kappa shape index (κ1) is 18.2. The fraction of sp³-hybridized carbons (Fsp3) is 0.471. The first-order chi connectivity index (χ1) is 11.5. The fourth-order valence-corrected chi connectivity index (χ4v) is 2.76. The maximum atomic E-state index is 12.5. The third-order valence-corrected chi connectivity index (χ3v) is 3.95. The average molecular weight is 340 g/mol. The number of hydrogen-bond acceptors (Lipinski definition) is 3. The van der Waals surface area contributed by atoms with Crippen LogP contribution in [0.3, 0.4) is 0 Å². The Hall–Kier alpha value is -2.15. The van der Waals surface area contributed by atoms with E-state index in [9.17, 15) is 13.6 Å². The number of benzene rings is 1. The van der Waals surface area contributed by atoms with E-state index in [1.807, 2.05) is 19.1 Å². The molecule has 0 aromatic heterocycles. The number of amides is 2. The Morgan fingerprint density at radius 3 is 2.75 bits per heavy atom. The quantitative estimate of drug-likeness (QED) is 0.668. The second kappa shape index (κ2) is 8.63. The molecule has 24 heavy (non-hydrogen) atoms. The van der Waals surface area contributed by atoms with Crippen LogP contribution in [0.15, 0.2) is 36.4 Å². The van der Waals surface area contributed by atoms with Gasteiger partial charge in [0.15, 0.2) is 0 Å². The van der Waals surface area contributed by atoms with Crippen molar-refractivity contribution in [2.45, 2.75) is 38.5 Å². The van der Waals surface area contributed by atoms with E-state index in [1.54, 1.807) is 18.2 Å². The van der Waals surface area contributed by atoms with Crippen LogP contribution in [-0.4, -0.2) is 30.4 Å². The van der Waals surface area contributed by atoms with Crippen LogP contribution in [0.5, 0.6) is 5.75 Å². The summed E-state index contributed by atoms with van der Waals surface area (Å²) in [5.41, 5.74) is 0.505. The van der Waals surface area contributed by atoms with Gasteiger partial charge in [-0.3, -0.25) is 0 Å². The molecule has 0 aliphatic heterocycles. The largest absolute Gasteiger partial charge is 0.434 e. The molecule has 2 amide bonds. The van der Waals surface area contributed by atoms with Crippen molar-refractivity contribution in [1.29, 1.82) is 0 Å². The van der Waals surface area contributed by atoms with Gasteiger partial charge in [0.2, 0.25) is 0 Å². The smallest absolute Gasteiger partial charge is 0.387 e. The number of halogens is 2. The highest BCUT2D eigenvalue weighted by Crippen LogP contribution is 2.28. The van der Waals surface area contributed by atoms with Crippen LogP contribution in [-0.2, 0) is 0 Å². The zero-order valence-corrected chi connectivity index (χ0v) is 13.4. The summed E-state index contributed by atoms with van der Waals surface area (Å²) in [4.78, 5) is 12.2. The number of aliphatic hydroxyl groups is 1. The standard InChI is InChI=1S/C17H22F2N2O3/c1-2-14(13-5-3-4-6-15(13)24-16(18)19)21-17(23)20-12-8-7-11(9-12)10-22/h3-8,11-12,14,16,22H,2,9-10H2,1H3,(H2,20,21,23)/t11-,12+,14?/m0/s1. The molecule has 0 saturated heterocycles. The lowest BCUT2D eigenvalue weighted by molar-refractivity contribution is -0.0506. The molecule has 0 heterocycles. The van der Waals surface area contributed by atoms with Crippen molar-refractivity contribution in [2.24, 2.45) is 5.92 Å². The van der Waals surface area contributed by atoms with Crippen LogP contribution in [0, 0.1) is 5.92 Å². The Morgan fingerprint density at radius 2 is 2.12 bits per heavy atom. The lowest BCUT2D eigenvalue weighted by Gasteiger charge is -2.22. The number of alkyl halides is 2. The summed E-state index contributed by atoms with van der Waals surface area (Å²) in [7, 11) is 0. The summed E-state index contributed by atoms with van der Waals surface area (Å²) in [6.07, 6.45) is 4.88. The van der Waals surface area contributed by atoms with E-state index in [4.69, 9.17) is 5.11 Å². The van der Waals surface area contributed by atoms with Crippen molar-refractivity contribution in [1.82, 2.24) is 10.6 Å². The fourth-order valence-electron chi connectivity index (χ4n) is 2.76. The summed E-state index contributed by atoms with van der Waals surface area (Å²) in [6, 6.07) is 5.44. The van der Waals surface area contributed by atoms with E-state index in [0.29, 0.717) is 18.4 Å². The highest BCUT2D eigenvalue weighted by Gasteiger charge is 2.22. The molecule has 2 rings (SSSR count). The molecule has 7 heteroatoms. The molecular formula is C17H22F2N2O3. The number of para-hydroxylation sites is 1. The van der Waals surface area contributed by atoms with Crippen LogP contribution in [0.25, 0.3) is 0 Å². The summed E-state index contributed by atoms with van der Waals surface area (Å²) in [6.45, 7) is -1.02. The summed E-state index contributed by atoms with van der Waals surface area (Å²) >= 11 is 0. The minimum Gasteiger partial charge on any atom is -0.434 e. The predicted molar refractivity (Wildman–Crippen MR) is 85.9 cm³/mol. The van der Waals surface area contributed by atoms with Gasteiger partial charge in [0.1, 0.15) is 5.75 Å². The van der Waals surface area contributed by atoms with Crippen molar-refractivity contribution < 1.29 is 23.4 Å². The van der Waals surface area contributed by atoms with Gasteiger partial charge in [-0.2, -0.15) is 8.78 Å². The van der Waals surface area contributed by atoms with Gasteiger partial charge in [-0.25, -0.2) is 4.79 Å². The van der Waals surface area contributed by atoms with Crippen molar-refractivity contribution >= 4 is 6.03 Å². The van der Waals surface area contributed by atoms with Crippen LogP contribution in [0.2, 0.25) is 0 Å². The molecule has 3 N–H and O–H groups in total. The Balaban J connectivity index is 1.99. The minimum atomic E-state index is -2.92. The van der Waals surface area contributed by atoms with E-state index < -0.39 is 12.7 Å². The lowest BCUT2D eigenvalue weighted by Crippen LogP contribution is -2.42. The second-order valence-electron chi connectivity index (χ2n) is 5.66. The van der Waals surface area contributed by atoms with Crippen molar-refractivity contribution in [2.75, 3.05) is 6.61 Å². The second-order valence-corrected chi connectivity index (χ2v) is 5.66. The zero-order valence-electron chi connectivity index (χ0n) is 13.4. The van der Waals surface area contributed by atoms with Gasteiger partial charge in [-0.1, -0.05) is 37.3 Å². The Labute approximate surface area is 139 Å². The third kappa shape index (κ3) is 4.92. The van der Waals surface area contributed by atoms with E-state index in [0.717, 1.165) is 0 Å². The molecule has 1 aliphatic rings. The Kier molecular flexibility index (Phi) is 6.54. The molecule has 1 aromatic rings. The van der Waals surface area contributed by atoms with Crippen LogP contribution >= 0.6 is 0 Å². The third-order valence-electron chi connectivity index (χ3n) is 3.95. The molecule has 0 fully saturated rings. The zero-order chi connectivity index (χ0) is 17.5. The normalized spacial score (nSPS) is 20.9. The molecule has 0 radical (unpaired) electrons. The molecular weight excluding hydrogens is 318 g/mol. The summed E-state index contributed by atoms with van der Waals surface area (Å²) in [5.74, 6) is 0.109. The van der Waals surface area contributed by atoms with E-state index in [2.05, 4.69) is 15.4 Å². The van der Waals surface area contributed by atoms with Crippen LogP contribution in [0.1, 0.15) is 31.4 Å². The van der Waals surface area contributed by atoms with Gasteiger partial charge in [-0.05, 0) is 18.9 Å². The first-order valence-corrected chi connectivity index (χ1v) is 7.93. The highest BCUT2D eigenvalue weighted by atomic mass is 19.3. The van der Waals surface area contributed by atoms with Gasteiger partial charge in [0.25, 0.3) is 0 Å². The van der Waals surface area contributed by atoms with Crippen molar-refractivity contribution in [3.8, 4) is 5.75 Å². The van der Waals surface area contributed by atoms with E-state index in [-0.39, 0.29) is 30.3 Å². The average Bonchev–Trinajstić information content (AvgIpc) is 3.00. The van der Waals surface area contributed by atoms with Gasteiger partial charge in [0.05, 0.1) is 6.04 Å². The topological polar surface area (TPSA) is 70.6 Å². The first-order valence-electron chi connectivity index (χ1n) is 7.93. The number of nitrogens with one attached hydrogen (secondary N) is 2. The highest BCUT2D eigenvalue weighted by molar-refractivity contribution is 5.75. The van der Waals surface area contributed by atoms with Crippen LogP contribution < -0.4 is 15.4 Å². The summed E-state index contributed by atoms with van der Waals surface area (Å²) < 4.78 is 29.6. The lowest BCUT2D eigenvalue weighted by atomic mass is 10.0. The van der Waals surface area contributed by atoms with Crippen molar-refractivity contribution in [3.05, 3.63) is 42.0 Å². The molecule has 1 aliphatic carbocycles. The molecule has 132 valence electrons. The Bertz CT molecular complexity index is 581. The Morgan fingerprint density at radius 1 is 1.38 bits per heavy atom. The minimum absolute atomic E-state index is 0.0478. The number of ether oxygens (including phenoxy) is 1. The molecule has 0 saturated carbocycles. The van der Waals surface area contributed by atoms with Gasteiger partial charge in [0, 0.05) is 24.1 Å². The number of carbonyl (C=O) groups is 1. The van der Waals surface area contributed by atoms with Gasteiger partial charge < -0.3 is 20.5 Å². The number of carbonyl (C=O) groups excluding carboxylic acids is 1. The van der Waals surface area contributed by atoms with E-state index in [1.165, 1.54) is 6.07 Å². The maximum absolute atomic E-state index is 12.5. The molecule has 1 aromatic carbocycles. The van der Waals surface area contributed by atoms with Gasteiger partial charge >= 0.3 is 12.6 Å². The monoisotopic (exact) mass is 340 g/mol. The maximum Gasteiger partial charge on any atom is 0.387 e. The summed E-state index contributed by atoms with van der Waals surface area (Å²) in [5, 5.41) is 14.7. The van der Waals surface area contributed by atoms with E-state index >= 15 is 0 Å².